The predicted octanol–water partition coefficient (Wildman–Crippen LogP) is 2.25. The van der Waals surface area contributed by atoms with Gasteiger partial charge in [-0.05, 0) is 29.8 Å². The number of carbonyl (C=O) groups excluding carboxylic acids is 1. The van der Waals surface area contributed by atoms with Gasteiger partial charge in [0.15, 0.2) is 5.69 Å². The Bertz CT molecular complexity index is 1060. The molecule has 0 fully saturated rings. The van der Waals surface area contributed by atoms with E-state index in [-0.39, 0.29) is 5.91 Å². The summed E-state index contributed by atoms with van der Waals surface area (Å²) in [5, 5.41) is 17.9. The number of amides is 1. The van der Waals surface area contributed by atoms with Crippen molar-refractivity contribution >= 4 is 28.2 Å². The van der Waals surface area contributed by atoms with E-state index in [1.165, 1.54) is 12.4 Å². The lowest BCUT2D eigenvalue weighted by molar-refractivity contribution is 0.102. The van der Waals surface area contributed by atoms with Crippen LogP contribution >= 0.6 is 0 Å². The van der Waals surface area contributed by atoms with E-state index in [2.05, 4.69) is 30.7 Å². The van der Waals surface area contributed by atoms with Gasteiger partial charge in [-0.25, -0.2) is 0 Å². The van der Waals surface area contributed by atoms with E-state index in [9.17, 15) is 4.79 Å². The lowest BCUT2D eigenvalue weighted by Crippen LogP contribution is -2.13. The Balaban J connectivity index is 1.73. The SMILES string of the molecule is Nc1cncc(-c2ccc3[nH]nc(C(=O)Nc4ccnnc4)c3c2)c1. The third-order valence-electron chi connectivity index (χ3n) is 3.71. The zero-order chi connectivity index (χ0) is 17.2. The van der Waals surface area contributed by atoms with E-state index in [0.717, 1.165) is 16.6 Å². The molecule has 0 spiro atoms. The van der Waals surface area contributed by atoms with Gasteiger partial charge in [0.25, 0.3) is 5.91 Å². The highest BCUT2D eigenvalue weighted by atomic mass is 16.1. The van der Waals surface area contributed by atoms with Crippen LogP contribution in [0, 0.1) is 0 Å². The summed E-state index contributed by atoms with van der Waals surface area (Å²) in [6.45, 7) is 0. The highest BCUT2D eigenvalue weighted by molar-refractivity contribution is 6.11. The summed E-state index contributed by atoms with van der Waals surface area (Å²) in [5.74, 6) is -0.331. The van der Waals surface area contributed by atoms with Crippen LogP contribution in [0.4, 0.5) is 11.4 Å². The molecule has 25 heavy (non-hydrogen) atoms. The van der Waals surface area contributed by atoms with Crippen molar-refractivity contribution in [3.8, 4) is 11.1 Å². The maximum absolute atomic E-state index is 12.5. The van der Waals surface area contributed by atoms with Gasteiger partial charge in [0.2, 0.25) is 0 Å². The fraction of sp³-hybridized carbons (Fsp3) is 0. The van der Waals surface area contributed by atoms with E-state index in [0.29, 0.717) is 22.5 Å². The van der Waals surface area contributed by atoms with Crippen molar-refractivity contribution in [2.45, 2.75) is 0 Å². The van der Waals surface area contributed by atoms with Gasteiger partial charge in [0, 0.05) is 23.3 Å². The second-order valence-electron chi connectivity index (χ2n) is 5.42. The van der Waals surface area contributed by atoms with Crippen molar-refractivity contribution in [3.05, 3.63) is 60.8 Å². The van der Waals surface area contributed by atoms with Gasteiger partial charge in [0.1, 0.15) is 0 Å². The zero-order valence-corrected chi connectivity index (χ0v) is 13.0. The number of hydrogen-bond donors (Lipinski definition) is 3. The van der Waals surface area contributed by atoms with Crippen LogP contribution in [-0.4, -0.2) is 31.3 Å². The van der Waals surface area contributed by atoms with Gasteiger partial charge in [-0.3, -0.25) is 14.9 Å². The first kappa shape index (κ1) is 14.8. The summed E-state index contributed by atoms with van der Waals surface area (Å²) in [6, 6.07) is 9.16. The minimum Gasteiger partial charge on any atom is -0.397 e. The number of fused-ring (bicyclic) bond motifs is 1. The minimum absolute atomic E-state index is 0.297. The van der Waals surface area contributed by atoms with Gasteiger partial charge in [-0.1, -0.05) is 6.07 Å². The summed E-state index contributed by atoms with van der Waals surface area (Å²) >= 11 is 0. The van der Waals surface area contributed by atoms with E-state index < -0.39 is 0 Å². The molecular formula is C17H13N7O. The van der Waals surface area contributed by atoms with Crippen LogP contribution in [-0.2, 0) is 0 Å². The number of nitrogen functional groups attached to an aromatic ring is 1. The van der Waals surface area contributed by atoms with Crippen LogP contribution in [0.3, 0.4) is 0 Å². The van der Waals surface area contributed by atoms with Crippen molar-refractivity contribution in [3.63, 3.8) is 0 Å². The van der Waals surface area contributed by atoms with Crippen LogP contribution in [0.25, 0.3) is 22.0 Å². The second kappa shape index (κ2) is 6.00. The van der Waals surface area contributed by atoms with E-state index in [4.69, 9.17) is 5.73 Å². The summed E-state index contributed by atoms with van der Waals surface area (Å²) < 4.78 is 0. The Hall–Kier alpha value is -3.81. The van der Waals surface area contributed by atoms with Crippen LogP contribution in [0.1, 0.15) is 10.5 Å². The van der Waals surface area contributed by atoms with Gasteiger partial charge in [0.05, 0.1) is 29.3 Å². The zero-order valence-electron chi connectivity index (χ0n) is 13.0. The summed E-state index contributed by atoms with van der Waals surface area (Å²) in [7, 11) is 0. The summed E-state index contributed by atoms with van der Waals surface area (Å²) in [6.07, 6.45) is 6.28. The molecule has 3 heterocycles. The normalized spacial score (nSPS) is 10.7. The average Bonchev–Trinajstić information content (AvgIpc) is 3.06. The van der Waals surface area contributed by atoms with E-state index >= 15 is 0 Å². The smallest absolute Gasteiger partial charge is 0.276 e. The van der Waals surface area contributed by atoms with Crippen LogP contribution in [0.5, 0.6) is 0 Å². The molecule has 0 saturated heterocycles. The molecule has 8 heteroatoms. The molecule has 1 aromatic carbocycles. The number of hydrogen-bond acceptors (Lipinski definition) is 6. The quantitative estimate of drug-likeness (QED) is 0.529. The molecule has 0 atom stereocenters. The van der Waals surface area contributed by atoms with Crippen molar-refractivity contribution in [2.75, 3.05) is 11.1 Å². The Morgan fingerprint density at radius 2 is 1.96 bits per heavy atom. The third-order valence-corrected chi connectivity index (χ3v) is 3.71. The maximum Gasteiger partial charge on any atom is 0.276 e. The van der Waals surface area contributed by atoms with E-state index in [1.807, 2.05) is 24.3 Å². The number of nitrogens with two attached hydrogens (primary N) is 1. The minimum atomic E-state index is -0.331. The highest BCUT2D eigenvalue weighted by Gasteiger charge is 2.15. The number of rotatable bonds is 3. The molecule has 3 aromatic heterocycles. The second-order valence-corrected chi connectivity index (χ2v) is 5.42. The first-order chi connectivity index (χ1) is 12.2. The van der Waals surface area contributed by atoms with Crippen molar-refractivity contribution < 1.29 is 4.79 Å². The monoisotopic (exact) mass is 331 g/mol. The molecule has 0 aliphatic rings. The Kier molecular flexibility index (Phi) is 3.55. The standard InChI is InChI=1S/C17H13N7O/c18-12-5-11(7-19-8-12)10-1-2-15-14(6-10)16(24-23-15)17(25)22-13-3-4-20-21-9-13/h1-9H,18H2,(H,23,24)(H,20,22,25). The number of aromatic amines is 1. The number of carbonyl (C=O) groups is 1. The summed E-state index contributed by atoms with van der Waals surface area (Å²) in [4.78, 5) is 16.6. The molecule has 1 amide bonds. The highest BCUT2D eigenvalue weighted by Crippen LogP contribution is 2.26. The topological polar surface area (TPSA) is 122 Å². The molecule has 0 radical (unpaired) electrons. The number of aromatic nitrogens is 5. The number of pyridine rings is 1. The fourth-order valence-corrected chi connectivity index (χ4v) is 2.54. The molecule has 0 bridgehead atoms. The van der Waals surface area contributed by atoms with Crippen molar-refractivity contribution in [1.29, 1.82) is 0 Å². The largest absolute Gasteiger partial charge is 0.397 e. The first-order valence-electron chi connectivity index (χ1n) is 7.48. The molecule has 122 valence electrons. The number of nitrogens with zero attached hydrogens (tertiary/aromatic N) is 4. The predicted molar refractivity (Wildman–Crippen MR) is 93.7 cm³/mol. The number of nitrogens with one attached hydrogen (secondary N) is 2. The molecule has 0 aliphatic carbocycles. The molecular weight excluding hydrogens is 318 g/mol. The first-order valence-corrected chi connectivity index (χ1v) is 7.48. The maximum atomic E-state index is 12.5. The average molecular weight is 331 g/mol. The van der Waals surface area contributed by atoms with Crippen LogP contribution < -0.4 is 11.1 Å². The number of H-pyrrole nitrogens is 1. The van der Waals surface area contributed by atoms with Gasteiger partial charge >= 0.3 is 0 Å². The van der Waals surface area contributed by atoms with Crippen molar-refractivity contribution in [2.24, 2.45) is 0 Å². The van der Waals surface area contributed by atoms with Crippen LogP contribution in [0.2, 0.25) is 0 Å². The molecule has 4 aromatic rings. The van der Waals surface area contributed by atoms with Crippen molar-refractivity contribution in [1.82, 2.24) is 25.4 Å². The Morgan fingerprint density at radius 1 is 1.04 bits per heavy atom. The molecule has 0 saturated carbocycles. The molecule has 0 aliphatic heterocycles. The van der Waals surface area contributed by atoms with Crippen LogP contribution in [0.15, 0.2) is 55.1 Å². The van der Waals surface area contributed by atoms with Gasteiger partial charge in [-0.2, -0.15) is 15.3 Å². The fourth-order valence-electron chi connectivity index (χ4n) is 2.54. The lowest BCUT2D eigenvalue weighted by atomic mass is 10.0. The number of anilines is 2. The molecule has 4 rings (SSSR count). The van der Waals surface area contributed by atoms with E-state index in [1.54, 1.807) is 18.5 Å². The lowest BCUT2D eigenvalue weighted by Gasteiger charge is -2.04. The molecule has 4 N–H and O–H groups in total. The summed E-state index contributed by atoms with van der Waals surface area (Å²) in [5.41, 5.74) is 9.75. The number of benzene rings is 1. The molecule has 8 nitrogen and oxygen atoms in total. The molecule has 0 unspecified atom stereocenters. The van der Waals surface area contributed by atoms with Gasteiger partial charge < -0.3 is 11.1 Å². The van der Waals surface area contributed by atoms with Gasteiger partial charge in [-0.15, -0.1) is 0 Å². The Labute approximate surface area is 142 Å². The third kappa shape index (κ3) is 2.88. The Morgan fingerprint density at radius 3 is 2.76 bits per heavy atom.